The maximum Gasteiger partial charge on any atom is 0.340 e. The van der Waals surface area contributed by atoms with Gasteiger partial charge in [0.15, 0.2) is 11.5 Å². The van der Waals surface area contributed by atoms with Crippen molar-refractivity contribution in [2.45, 2.75) is 6.92 Å². The number of methoxy groups -OCH3 is 3. The topological polar surface area (TPSA) is 115 Å². The number of hydrogen-bond acceptors (Lipinski definition) is 7. The molecule has 0 bridgehead atoms. The van der Waals surface area contributed by atoms with Crippen LogP contribution >= 0.6 is 0 Å². The molecule has 9 heteroatoms. The Balaban J connectivity index is 2.94. The molecule has 3 amide bonds. The third-order valence-electron chi connectivity index (χ3n) is 2.96. The minimum atomic E-state index is -0.609. The van der Waals surface area contributed by atoms with Gasteiger partial charge in [-0.25, -0.2) is 9.59 Å². The van der Waals surface area contributed by atoms with Crippen LogP contribution in [0.3, 0.4) is 0 Å². The molecule has 0 saturated heterocycles. The van der Waals surface area contributed by atoms with Crippen molar-refractivity contribution in [1.82, 2.24) is 10.6 Å². The van der Waals surface area contributed by atoms with Crippen LogP contribution in [0, 0.1) is 0 Å². The van der Waals surface area contributed by atoms with E-state index in [9.17, 15) is 14.4 Å². The summed E-state index contributed by atoms with van der Waals surface area (Å²) in [4.78, 5) is 34.9. The second kappa shape index (κ2) is 9.23. The van der Waals surface area contributed by atoms with Crippen LogP contribution in [0.1, 0.15) is 17.3 Å². The molecule has 0 radical (unpaired) electrons. The summed E-state index contributed by atoms with van der Waals surface area (Å²) in [5.74, 6) is -0.457. The van der Waals surface area contributed by atoms with Crippen molar-refractivity contribution in [3.8, 4) is 11.5 Å². The molecule has 0 aliphatic heterocycles. The molecule has 24 heavy (non-hydrogen) atoms. The molecule has 9 nitrogen and oxygen atoms in total. The number of amides is 3. The van der Waals surface area contributed by atoms with Gasteiger partial charge in [0, 0.05) is 18.7 Å². The number of carbonyl (C=O) groups is 3. The van der Waals surface area contributed by atoms with Crippen molar-refractivity contribution in [1.29, 1.82) is 0 Å². The van der Waals surface area contributed by atoms with Gasteiger partial charge in [0.1, 0.15) is 0 Å². The van der Waals surface area contributed by atoms with Crippen molar-refractivity contribution in [3.05, 3.63) is 17.7 Å². The first-order valence-electron chi connectivity index (χ1n) is 7.12. The highest BCUT2D eigenvalue weighted by molar-refractivity contribution is 5.99. The van der Waals surface area contributed by atoms with E-state index in [0.717, 1.165) is 0 Å². The summed E-state index contributed by atoms with van der Waals surface area (Å²) in [5.41, 5.74) is 0.478. The molecule has 0 spiro atoms. The zero-order valence-electron chi connectivity index (χ0n) is 14.0. The summed E-state index contributed by atoms with van der Waals surface area (Å²) in [6.45, 7) is 1.90. The van der Waals surface area contributed by atoms with Crippen molar-refractivity contribution in [2.24, 2.45) is 0 Å². The Hall–Kier alpha value is -2.97. The van der Waals surface area contributed by atoms with E-state index < -0.39 is 17.9 Å². The summed E-state index contributed by atoms with van der Waals surface area (Å²) in [6, 6.07) is 2.35. The molecule has 0 aromatic heterocycles. The van der Waals surface area contributed by atoms with Crippen LogP contribution < -0.4 is 25.4 Å². The second-order valence-corrected chi connectivity index (χ2v) is 4.51. The average molecular weight is 339 g/mol. The molecular formula is C15H21N3O6. The Bertz CT molecular complexity index is 617. The molecule has 0 aliphatic carbocycles. The first kappa shape index (κ1) is 19.1. The molecular weight excluding hydrogens is 318 g/mol. The number of esters is 1. The summed E-state index contributed by atoms with van der Waals surface area (Å²) < 4.78 is 15.0. The first-order chi connectivity index (χ1) is 11.5. The van der Waals surface area contributed by atoms with Crippen LogP contribution in [0.4, 0.5) is 10.5 Å². The van der Waals surface area contributed by atoms with E-state index in [4.69, 9.17) is 14.2 Å². The minimum Gasteiger partial charge on any atom is -0.493 e. The number of benzene rings is 1. The number of imide groups is 1. The number of hydrogen-bond donors (Lipinski definition) is 3. The lowest BCUT2D eigenvalue weighted by Crippen LogP contribution is -2.41. The van der Waals surface area contributed by atoms with E-state index in [2.05, 4.69) is 16.0 Å². The summed E-state index contributed by atoms with van der Waals surface area (Å²) in [7, 11) is 4.12. The van der Waals surface area contributed by atoms with Gasteiger partial charge in [-0.3, -0.25) is 10.1 Å². The quantitative estimate of drug-likeness (QED) is 0.628. The number of urea groups is 1. The van der Waals surface area contributed by atoms with Gasteiger partial charge in [-0.1, -0.05) is 0 Å². The Morgan fingerprint density at radius 3 is 2.21 bits per heavy atom. The van der Waals surface area contributed by atoms with Gasteiger partial charge in [0.25, 0.3) is 0 Å². The third-order valence-corrected chi connectivity index (χ3v) is 2.96. The van der Waals surface area contributed by atoms with Crippen LogP contribution in [0.2, 0.25) is 0 Å². The van der Waals surface area contributed by atoms with Crippen LogP contribution in [0.5, 0.6) is 11.5 Å². The van der Waals surface area contributed by atoms with Gasteiger partial charge < -0.3 is 24.8 Å². The van der Waals surface area contributed by atoms with Gasteiger partial charge in [-0.15, -0.1) is 0 Å². The molecule has 0 heterocycles. The van der Waals surface area contributed by atoms with Crippen LogP contribution in [0.25, 0.3) is 0 Å². The van der Waals surface area contributed by atoms with E-state index in [1.54, 1.807) is 6.92 Å². The van der Waals surface area contributed by atoms with Gasteiger partial charge >= 0.3 is 12.0 Å². The normalized spacial score (nSPS) is 9.67. The van der Waals surface area contributed by atoms with Crippen LogP contribution in [0.15, 0.2) is 12.1 Å². The second-order valence-electron chi connectivity index (χ2n) is 4.51. The fourth-order valence-corrected chi connectivity index (χ4v) is 1.86. The molecule has 0 saturated carbocycles. The van der Waals surface area contributed by atoms with Crippen LogP contribution in [-0.2, 0) is 9.53 Å². The van der Waals surface area contributed by atoms with Crippen molar-refractivity contribution >= 4 is 23.6 Å². The maximum atomic E-state index is 11.9. The highest BCUT2D eigenvalue weighted by Gasteiger charge is 2.18. The van der Waals surface area contributed by atoms with E-state index in [0.29, 0.717) is 23.7 Å². The summed E-state index contributed by atoms with van der Waals surface area (Å²) in [5, 5.41) is 7.35. The van der Waals surface area contributed by atoms with E-state index in [-0.39, 0.29) is 12.1 Å². The number of carbonyl (C=O) groups excluding carboxylic acids is 3. The zero-order chi connectivity index (χ0) is 18.1. The van der Waals surface area contributed by atoms with E-state index in [1.165, 1.54) is 33.5 Å². The fraction of sp³-hybridized carbons (Fsp3) is 0.400. The number of anilines is 1. The highest BCUT2D eigenvalue weighted by atomic mass is 16.5. The molecule has 0 unspecified atom stereocenters. The third kappa shape index (κ3) is 5.04. The van der Waals surface area contributed by atoms with Gasteiger partial charge in [-0.05, 0) is 6.92 Å². The number of ether oxygens (including phenoxy) is 3. The molecule has 1 rings (SSSR count). The predicted octanol–water partition coefficient (Wildman–Crippen LogP) is 0.748. The molecule has 3 N–H and O–H groups in total. The van der Waals surface area contributed by atoms with Crippen molar-refractivity contribution in [2.75, 3.05) is 39.7 Å². The van der Waals surface area contributed by atoms with Crippen LogP contribution in [-0.4, -0.2) is 52.3 Å². The maximum absolute atomic E-state index is 11.9. The molecule has 1 aromatic rings. The SMILES string of the molecule is CCNC(=O)NC(=O)CNc1cc(OC)c(OC)cc1C(=O)OC. The standard InChI is InChI=1S/C15H21N3O6/c1-5-16-15(21)18-13(19)8-17-10-7-12(23-3)11(22-2)6-9(10)14(20)24-4/h6-7,17H,5,8H2,1-4H3,(H2,16,18,19,21). The Labute approximate surface area is 139 Å². The molecule has 132 valence electrons. The molecule has 1 aromatic carbocycles. The van der Waals surface area contributed by atoms with Crippen molar-refractivity contribution < 1.29 is 28.6 Å². The van der Waals surface area contributed by atoms with Gasteiger partial charge in [0.2, 0.25) is 5.91 Å². The van der Waals surface area contributed by atoms with Gasteiger partial charge in [-0.2, -0.15) is 0 Å². The lowest BCUT2D eigenvalue weighted by Gasteiger charge is -2.15. The monoisotopic (exact) mass is 339 g/mol. The predicted molar refractivity (Wildman–Crippen MR) is 86.6 cm³/mol. The highest BCUT2D eigenvalue weighted by Crippen LogP contribution is 2.33. The largest absolute Gasteiger partial charge is 0.493 e. The summed E-state index contributed by atoms with van der Waals surface area (Å²) in [6.07, 6.45) is 0. The van der Waals surface area contributed by atoms with E-state index in [1.807, 2.05) is 0 Å². The smallest absolute Gasteiger partial charge is 0.340 e. The molecule has 0 fully saturated rings. The molecule has 0 atom stereocenters. The minimum absolute atomic E-state index is 0.168. The Morgan fingerprint density at radius 1 is 1.04 bits per heavy atom. The number of nitrogens with one attached hydrogen (secondary N) is 3. The van der Waals surface area contributed by atoms with Crippen molar-refractivity contribution in [3.63, 3.8) is 0 Å². The fourth-order valence-electron chi connectivity index (χ4n) is 1.86. The average Bonchev–Trinajstić information content (AvgIpc) is 2.58. The lowest BCUT2D eigenvalue weighted by molar-refractivity contribution is -0.118. The summed E-state index contributed by atoms with van der Waals surface area (Å²) >= 11 is 0. The first-order valence-corrected chi connectivity index (χ1v) is 7.12. The molecule has 0 aliphatic rings. The Morgan fingerprint density at radius 2 is 1.67 bits per heavy atom. The lowest BCUT2D eigenvalue weighted by atomic mass is 10.1. The van der Waals surface area contributed by atoms with Gasteiger partial charge in [0.05, 0.1) is 39.1 Å². The number of rotatable bonds is 7. The zero-order valence-corrected chi connectivity index (χ0v) is 14.0. The Kier molecular flexibility index (Phi) is 7.34. The van der Waals surface area contributed by atoms with E-state index >= 15 is 0 Å².